The second kappa shape index (κ2) is 12.9. The molecular weight excluding hydrogens is 442 g/mol. The van der Waals surface area contributed by atoms with E-state index in [-0.39, 0.29) is 18.5 Å². The Labute approximate surface area is 207 Å². The summed E-state index contributed by atoms with van der Waals surface area (Å²) in [5, 5.41) is 5.07. The molecule has 3 aromatic rings. The van der Waals surface area contributed by atoms with Gasteiger partial charge in [0.25, 0.3) is 0 Å². The fourth-order valence-corrected chi connectivity index (χ4v) is 4.48. The van der Waals surface area contributed by atoms with Crippen molar-refractivity contribution in [2.24, 2.45) is 5.92 Å². The summed E-state index contributed by atoms with van der Waals surface area (Å²) >= 11 is 1.64. The maximum atomic E-state index is 13.5. The Morgan fingerprint density at radius 1 is 0.912 bits per heavy atom. The van der Waals surface area contributed by atoms with Crippen molar-refractivity contribution >= 4 is 29.0 Å². The number of nitrogens with zero attached hydrogens (tertiary/aromatic N) is 2. The molecule has 6 heteroatoms. The van der Waals surface area contributed by atoms with Gasteiger partial charge >= 0.3 is 6.03 Å². The van der Waals surface area contributed by atoms with E-state index in [1.54, 1.807) is 16.2 Å². The van der Waals surface area contributed by atoms with Gasteiger partial charge in [0, 0.05) is 23.7 Å². The topological polar surface area (TPSA) is 52.7 Å². The molecule has 0 fully saturated rings. The maximum absolute atomic E-state index is 13.5. The van der Waals surface area contributed by atoms with Crippen molar-refractivity contribution in [1.29, 1.82) is 0 Å². The minimum atomic E-state index is -0.231. The summed E-state index contributed by atoms with van der Waals surface area (Å²) in [5.41, 5.74) is 2.95. The van der Waals surface area contributed by atoms with Crippen LogP contribution in [0.1, 0.15) is 43.2 Å². The number of hydrogen-bond donors (Lipinski definition) is 1. The molecule has 180 valence electrons. The average Bonchev–Trinajstić information content (AvgIpc) is 3.37. The summed E-state index contributed by atoms with van der Waals surface area (Å²) < 4.78 is 0. The highest BCUT2D eigenvalue weighted by molar-refractivity contribution is 7.09. The van der Waals surface area contributed by atoms with Crippen LogP contribution in [-0.4, -0.2) is 34.8 Å². The summed E-state index contributed by atoms with van der Waals surface area (Å²) in [7, 11) is 0. The van der Waals surface area contributed by atoms with Gasteiger partial charge < -0.3 is 15.1 Å². The first-order chi connectivity index (χ1) is 16.5. The Hall–Kier alpha value is -3.12. The van der Waals surface area contributed by atoms with Gasteiger partial charge in [-0.05, 0) is 41.0 Å². The molecule has 0 saturated heterocycles. The molecule has 0 radical (unpaired) electrons. The Bertz CT molecular complexity index is 1040. The highest BCUT2D eigenvalue weighted by atomic mass is 32.1. The zero-order chi connectivity index (χ0) is 24.3. The van der Waals surface area contributed by atoms with Crippen LogP contribution >= 0.6 is 11.3 Å². The Morgan fingerprint density at radius 3 is 2.32 bits per heavy atom. The number of thiophene rings is 1. The fraction of sp³-hybridized carbons (Fsp3) is 0.357. The lowest BCUT2D eigenvalue weighted by Gasteiger charge is -2.29. The van der Waals surface area contributed by atoms with Crippen molar-refractivity contribution in [2.45, 2.75) is 46.7 Å². The van der Waals surface area contributed by atoms with Gasteiger partial charge in [-0.15, -0.1) is 11.3 Å². The Kier molecular flexibility index (Phi) is 9.71. The molecule has 0 aliphatic heterocycles. The van der Waals surface area contributed by atoms with Crippen LogP contribution in [0.4, 0.5) is 10.5 Å². The number of anilines is 1. The van der Waals surface area contributed by atoms with Crippen LogP contribution in [-0.2, 0) is 24.3 Å². The molecule has 0 aliphatic carbocycles. The molecule has 0 bridgehead atoms. The normalized spacial score (nSPS) is 11.6. The molecule has 34 heavy (non-hydrogen) atoms. The number of rotatable bonds is 11. The zero-order valence-electron chi connectivity index (χ0n) is 20.4. The monoisotopic (exact) mass is 477 g/mol. The molecule has 0 spiro atoms. The molecular formula is C28H35N3O2S. The van der Waals surface area contributed by atoms with Crippen LogP contribution in [0.5, 0.6) is 0 Å². The number of para-hydroxylation sites is 1. The number of aryl methyl sites for hydroxylation is 1. The maximum Gasteiger partial charge on any atom is 0.322 e. The number of urea groups is 1. The van der Waals surface area contributed by atoms with E-state index >= 15 is 0 Å². The second-order valence-electron chi connectivity index (χ2n) is 8.65. The van der Waals surface area contributed by atoms with Crippen LogP contribution in [0, 0.1) is 5.92 Å². The van der Waals surface area contributed by atoms with Gasteiger partial charge in [0.2, 0.25) is 5.91 Å². The summed E-state index contributed by atoms with van der Waals surface area (Å²) in [6.45, 7) is 7.89. The lowest BCUT2D eigenvalue weighted by molar-refractivity contribution is -0.133. The van der Waals surface area contributed by atoms with Gasteiger partial charge in [0.1, 0.15) is 6.54 Å². The standard InChI is InChI=1S/C28H35N3O2S/c1-4-22(3)18-31(28(33)29-26-16-10-9-14-24(26)5-2)21-27(32)30(20-25-15-11-17-34-25)19-23-12-7-6-8-13-23/h6-17,22H,4-5,18-21H2,1-3H3,(H,29,33). The predicted octanol–water partition coefficient (Wildman–Crippen LogP) is 6.42. The predicted molar refractivity (Wildman–Crippen MR) is 141 cm³/mol. The third-order valence-electron chi connectivity index (χ3n) is 5.98. The molecule has 5 nitrogen and oxygen atoms in total. The van der Waals surface area contributed by atoms with E-state index in [2.05, 4.69) is 26.1 Å². The third-order valence-corrected chi connectivity index (χ3v) is 6.84. The van der Waals surface area contributed by atoms with Gasteiger partial charge in [0.05, 0.1) is 6.54 Å². The van der Waals surface area contributed by atoms with Gasteiger partial charge in [-0.25, -0.2) is 4.79 Å². The lowest BCUT2D eigenvalue weighted by Crippen LogP contribution is -2.45. The van der Waals surface area contributed by atoms with Crippen LogP contribution in [0.15, 0.2) is 72.1 Å². The minimum Gasteiger partial charge on any atom is -0.332 e. The second-order valence-corrected chi connectivity index (χ2v) is 9.68. The van der Waals surface area contributed by atoms with E-state index < -0.39 is 0 Å². The highest BCUT2D eigenvalue weighted by Crippen LogP contribution is 2.18. The summed E-state index contributed by atoms with van der Waals surface area (Å²) in [6, 6.07) is 21.6. The Balaban J connectivity index is 1.78. The van der Waals surface area contributed by atoms with Gasteiger partial charge in [0.15, 0.2) is 0 Å². The number of nitrogens with one attached hydrogen (secondary N) is 1. The third kappa shape index (κ3) is 7.45. The summed E-state index contributed by atoms with van der Waals surface area (Å²) in [6.07, 6.45) is 1.76. The number of carbonyl (C=O) groups is 2. The Morgan fingerprint density at radius 2 is 1.65 bits per heavy atom. The molecule has 3 rings (SSSR count). The molecule has 3 amide bonds. The van der Waals surface area contributed by atoms with E-state index in [1.165, 1.54) is 0 Å². The summed E-state index contributed by atoms with van der Waals surface area (Å²) in [5.74, 6) is 0.235. The quantitative estimate of drug-likeness (QED) is 0.346. The van der Waals surface area contributed by atoms with E-state index in [1.807, 2.05) is 77.0 Å². The minimum absolute atomic E-state index is 0.0443. The molecule has 1 aromatic heterocycles. The first-order valence-electron chi connectivity index (χ1n) is 12.0. The zero-order valence-corrected chi connectivity index (χ0v) is 21.2. The van der Waals surface area contributed by atoms with Gasteiger partial charge in [-0.1, -0.05) is 81.8 Å². The van der Waals surface area contributed by atoms with Crippen molar-refractivity contribution in [2.75, 3.05) is 18.4 Å². The van der Waals surface area contributed by atoms with Crippen molar-refractivity contribution in [3.8, 4) is 0 Å². The van der Waals surface area contributed by atoms with Crippen LogP contribution in [0.25, 0.3) is 0 Å². The molecule has 1 N–H and O–H groups in total. The van der Waals surface area contributed by atoms with Crippen LogP contribution in [0.2, 0.25) is 0 Å². The molecule has 1 unspecified atom stereocenters. The largest absolute Gasteiger partial charge is 0.332 e. The SMILES string of the molecule is CCc1ccccc1NC(=O)N(CC(=O)N(Cc1ccccc1)Cc1cccs1)CC(C)CC. The van der Waals surface area contributed by atoms with Gasteiger partial charge in [-0.2, -0.15) is 0 Å². The van der Waals surface area contributed by atoms with Gasteiger partial charge in [-0.3, -0.25) is 4.79 Å². The lowest BCUT2D eigenvalue weighted by atomic mass is 10.1. The van der Waals surface area contributed by atoms with Crippen LogP contribution in [0.3, 0.4) is 0 Å². The number of hydrogen-bond acceptors (Lipinski definition) is 3. The smallest absolute Gasteiger partial charge is 0.322 e. The van der Waals surface area contributed by atoms with Crippen molar-refractivity contribution < 1.29 is 9.59 Å². The number of carbonyl (C=O) groups excluding carboxylic acids is 2. The molecule has 2 aromatic carbocycles. The molecule has 0 aliphatic rings. The van der Waals surface area contributed by atoms with E-state index in [0.717, 1.165) is 34.5 Å². The van der Waals surface area contributed by atoms with Crippen molar-refractivity contribution in [1.82, 2.24) is 9.80 Å². The average molecular weight is 478 g/mol. The van der Waals surface area contributed by atoms with Crippen molar-refractivity contribution in [3.05, 3.63) is 88.1 Å². The van der Waals surface area contributed by atoms with E-state index in [0.29, 0.717) is 25.6 Å². The molecule has 0 saturated carbocycles. The van der Waals surface area contributed by atoms with Crippen molar-refractivity contribution in [3.63, 3.8) is 0 Å². The highest BCUT2D eigenvalue weighted by Gasteiger charge is 2.24. The number of benzene rings is 2. The molecule has 1 atom stereocenters. The van der Waals surface area contributed by atoms with E-state index in [4.69, 9.17) is 0 Å². The van der Waals surface area contributed by atoms with Crippen LogP contribution < -0.4 is 5.32 Å². The first kappa shape index (κ1) is 25.5. The molecule has 1 heterocycles. The van der Waals surface area contributed by atoms with E-state index in [9.17, 15) is 9.59 Å². The fourth-order valence-electron chi connectivity index (χ4n) is 3.76. The summed E-state index contributed by atoms with van der Waals surface area (Å²) in [4.78, 5) is 31.5. The number of amides is 3. The first-order valence-corrected chi connectivity index (χ1v) is 12.9.